The van der Waals surface area contributed by atoms with Crippen molar-refractivity contribution in [3.63, 3.8) is 0 Å². The summed E-state index contributed by atoms with van der Waals surface area (Å²) in [5.41, 5.74) is 2.87. The van der Waals surface area contributed by atoms with Crippen LogP contribution in [0.4, 0.5) is 0 Å². The zero-order valence-electron chi connectivity index (χ0n) is 11.0. The molecular weight excluding hydrogens is 284 g/mol. The fourth-order valence-electron chi connectivity index (χ4n) is 2.43. The predicted octanol–water partition coefficient (Wildman–Crippen LogP) is 5.14. The largest absolute Gasteiger partial charge is 0.434 e. The Morgan fingerprint density at radius 1 is 0.952 bits per heavy atom. The molecular formula is C17H11ClN2O. The number of hydrogen-bond acceptors (Lipinski definition) is 2. The van der Waals surface area contributed by atoms with Gasteiger partial charge in [-0.25, -0.2) is 0 Å². The summed E-state index contributed by atoms with van der Waals surface area (Å²) in [5, 5.41) is 1.44. The SMILES string of the molecule is Clc1nc(-c2ccccc2)oc1-c1c[nH]c2ccccc12. The Balaban J connectivity index is 1.88. The molecule has 2 aromatic heterocycles. The van der Waals surface area contributed by atoms with E-state index in [9.17, 15) is 0 Å². The molecule has 0 radical (unpaired) electrons. The van der Waals surface area contributed by atoms with Crippen molar-refractivity contribution in [2.45, 2.75) is 0 Å². The molecule has 0 amide bonds. The maximum atomic E-state index is 6.27. The topological polar surface area (TPSA) is 41.8 Å². The summed E-state index contributed by atoms with van der Waals surface area (Å²) < 4.78 is 5.89. The second kappa shape index (κ2) is 4.79. The lowest BCUT2D eigenvalue weighted by molar-refractivity contribution is 0.589. The summed E-state index contributed by atoms with van der Waals surface area (Å²) in [4.78, 5) is 7.55. The highest BCUT2D eigenvalue weighted by molar-refractivity contribution is 6.32. The number of H-pyrrole nitrogens is 1. The van der Waals surface area contributed by atoms with E-state index in [0.717, 1.165) is 22.0 Å². The van der Waals surface area contributed by atoms with E-state index in [2.05, 4.69) is 9.97 Å². The number of halogens is 1. The molecule has 0 saturated carbocycles. The fourth-order valence-corrected chi connectivity index (χ4v) is 2.65. The maximum Gasteiger partial charge on any atom is 0.228 e. The number of nitrogens with one attached hydrogen (secondary N) is 1. The summed E-state index contributed by atoms with van der Waals surface area (Å²) in [6.07, 6.45) is 1.89. The van der Waals surface area contributed by atoms with Crippen molar-refractivity contribution >= 4 is 22.5 Å². The first kappa shape index (κ1) is 12.2. The van der Waals surface area contributed by atoms with E-state index in [1.54, 1.807) is 0 Å². The molecule has 0 bridgehead atoms. The van der Waals surface area contributed by atoms with Gasteiger partial charge in [-0.1, -0.05) is 48.0 Å². The molecule has 4 heteroatoms. The van der Waals surface area contributed by atoms with E-state index in [1.807, 2.05) is 60.8 Å². The number of para-hydroxylation sites is 1. The number of aromatic amines is 1. The Hall–Kier alpha value is -2.52. The van der Waals surface area contributed by atoms with Crippen molar-refractivity contribution in [1.82, 2.24) is 9.97 Å². The summed E-state index contributed by atoms with van der Waals surface area (Å²) in [6.45, 7) is 0. The van der Waals surface area contributed by atoms with Gasteiger partial charge in [0.1, 0.15) is 0 Å². The Morgan fingerprint density at radius 3 is 2.57 bits per heavy atom. The molecule has 0 aliphatic heterocycles. The van der Waals surface area contributed by atoms with Crippen LogP contribution in [0.1, 0.15) is 0 Å². The van der Waals surface area contributed by atoms with Crippen LogP contribution in [0.2, 0.25) is 5.15 Å². The molecule has 2 aromatic carbocycles. The Morgan fingerprint density at radius 2 is 1.71 bits per heavy atom. The molecule has 2 heterocycles. The summed E-state index contributed by atoms with van der Waals surface area (Å²) in [5.74, 6) is 1.12. The van der Waals surface area contributed by atoms with Crippen molar-refractivity contribution in [2.75, 3.05) is 0 Å². The van der Waals surface area contributed by atoms with Crippen LogP contribution in [0.15, 0.2) is 65.2 Å². The van der Waals surface area contributed by atoms with E-state index < -0.39 is 0 Å². The minimum atomic E-state index is 0.374. The monoisotopic (exact) mass is 294 g/mol. The zero-order chi connectivity index (χ0) is 14.2. The molecule has 21 heavy (non-hydrogen) atoms. The maximum absolute atomic E-state index is 6.27. The van der Waals surface area contributed by atoms with E-state index in [4.69, 9.17) is 16.0 Å². The first-order chi connectivity index (χ1) is 10.3. The highest BCUT2D eigenvalue weighted by Crippen LogP contribution is 2.36. The standard InChI is InChI=1S/C17H11ClN2O/c18-16-15(13-10-19-14-9-5-4-8-12(13)14)21-17(20-16)11-6-2-1-3-7-11/h1-10,19H. The lowest BCUT2D eigenvalue weighted by atomic mass is 10.1. The third-order valence-corrected chi connectivity index (χ3v) is 3.70. The normalized spacial score (nSPS) is 11.1. The molecule has 0 aliphatic carbocycles. The van der Waals surface area contributed by atoms with Crippen LogP contribution in [-0.2, 0) is 0 Å². The zero-order valence-corrected chi connectivity index (χ0v) is 11.8. The van der Waals surface area contributed by atoms with E-state index in [-0.39, 0.29) is 0 Å². The molecule has 1 N–H and O–H groups in total. The van der Waals surface area contributed by atoms with Crippen molar-refractivity contribution < 1.29 is 4.42 Å². The van der Waals surface area contributed by atoms with Gasteiger partial charge in [-0.05, 0) is 18.2 Å². The fraction of sp³-hybridized carbons (Fsp3) is 0. The second-order valence-corrected chi connectivity index (χ2v) is 5.11. The summed E-state index contributed by atoms with van der Waals surface area (Å²) >= 11 is 6.27. The molecule has 102 valence electrons. The van der Waals surface area contributed by atoms with Gasteiger partial charge in [-0.2, -0.15) is 4.98 Å². The highest BCUT2D eigenvalue weighted by Gasteiger charge is 2.17. The Labute approximate surface area is 126 Å². The van der Waals surface area contributed by atoms with E-state index >= 15 is 0 Å². The molecule has 4 rings (SSSR count). The summed E-state index contributed by atoms with van der Waals surface area (Å²) in [6, 6.07) is 17.8. The first-order valence-corrected chi connectivity index (χ1v) is 6.99. The number of nitrogens with zero attached hydrogens (tertiary/aromatic N) is 1. The number of fused-ring (bicyclic) bond motifs is 1. The molecule has 0 unspecified atom stereocenters. The highest BCUT2D eigenvalue weighted by atomic mass is 35.5. The average Bonchev–Trinajstić information content (AvgIpc) is 3.11. The predicted molar refractivity (Wildman–Crippen MR) is 84.2 cm³/mol. The number of aromatic nitrogens is 2. The second-order valence-electron chi connectivity index (χ2n) is 4.75. The molecule has 4 aromatic rings. The van der Waals surface area contributed by atoms with Gasteiger partial charge in [-0.15, -0.1) is 0 Å². The molecule has 3 nitrogen and oxygen atoms in total. The van der Waals surface area contributed by atoms with Gasteiger partial charge in [0, 0.05) is 28.2 Å². The Bertz CT molecular complexity index is 909. The van der Waals surface area contributed by atoms with Crippen LogP contribution >= 0.6 is 11.6 Å². The van der Waals surface area contributed by atoms with E-state index in [1.165, 1.54) is 0 Å². The third kappa shape index (κ3) is 2.03. The minimum absolute atomic E-state index is 0.374. The van der Waals surface area contributed by atoms with Gasteiger partial charge in [0.15, 0.2) is 10.9 Å². The minimum Gasteiger partial charge on any atom is -0.434 e. The van der Waals surface area contributed by atoms with Crippen LogP contribution in [0.5, 0.6) is 0 Å². The van der Waals surface area contributed by atoms with Gasteiger partial charge in [-0.3, -0.25) is 0 Å². The number of hydrogen-bond donors (Lipinski definition) is 1. The van der Waals surface area contributed by atoms with Crippen molar-refractivity contribution in [2.24, 2.45) is 0 Å². The van der Waals surface area contributed by atoms with Crippen molar-refractivity contribution in [3.05, 3.63) is 65.9 Å². The number of benzene rings is 2. The Kier molecular flexibility index (Phi) is 2.79. The van der Waals surface area contributed by atoms with Gasteiger partial charge in [0.2, 0.25) is 5.89 Å². The van der Waals surface area contributed by atoms with Gasteiger partial charge < -0.3 is 9.40 Å². The summed E-state index contributed by atoms with van der Waals surface area (Å²) in [7, 11) is 0. The van der Waals surface area contributed by atoms with Crippen LogP contribution < -0.4 is 0 Å². The van der Waals surface area contributed by atoms with Crippen LogP contribution in [0, 0.1) is 0 Å². The molecule has 0 saturated heterocycles. The number of oxazole rings is 1. The smallest absolute Gasteiger partial charge is 0.228 e. The lowest BCUT2D eigenvalue weighted by Gasteiger charge is -1.95. The van der Waals surface area contributed by atoms with E-state index in [0.29, 0.717) is 16.8 Å². The molecule has 0 fully saturated rings. The number of rotatable bonds is 2. The van der Waals surface area contributed by atoms with Crippen molar-refractivity contribution in [3.8, 4) is 22.8 Å². The first-order valence-electron chi connectivity index (χ1n) is 6.61. The molecule has 0 aliphatic rings. The molecule has 0 atom stereocenters. The third-order valence-electron chi connectivity index (χ3n) is 3.44. The van der Waals surface area contributed by atoms with Crippen LogP contribution in [-0.4, -0.2) is 9.97 Å². The van der Waals surface area contributed by atoms with Gasteiger partial charge >= 0.3 is 0 Å². The quantitative estimate of drug-likeness (QED) is 0.556. The van der Waals surface area contributed by atoms with Crippen LogP contribution in [0.25, 0.3) is 33.7 Å². The molecule has 0 spiro atoms. The lowest BCUT2D eigenvalue weighted by Crippen LogP contribution is -1.74. The van der Waals surface area contributed by atoms with Crippen LogP contribution in [0.3, 0.4) is 0 Å². The van der Waals surface area contributed by atoms with Crippen molar-refractivity contribution in [1.29, 1.82) is 0 Å². The average molecular weight is 295 g/mol. The van der Waals surface area contributed by atoms with Gasteiger partial charge in [0.05, 0.1) is 0 Å². The van der Waals surface area contributed by atoms with Gasteiger partial charge in [0.25, 0.3) is 0 Å².